The Labute approximate surface area is 137 Å². The molecule has 0 rings (SSSR count). The van der Waals surface area contributed by atoms with Crippen LogP contribution in [0.5, 0.6) is 0 Å². The van der Waals surface area contributed by atoms with Crippen LogP contribution in [-0.2, 0) is 0 Å². The third kappa shape index (κ3) is 15.4. The van der Waals surface area contributed by atoms with Gasteiger partial charge < -0.3 is 10.2 Å². The molecule has 0 aliphatic rings. The van der Waals surface area contributed by atoms with Crippen LogP contribution in [0.2, 0.25) is 0 Å². The molecule has 0 fully saturated rings. The molecule has 22 heavy (non-hydrogen) atoms. The lowest BCUT2D eigenvalue weighted by atomic mass is 10.0. The van der Waals surface area contributed by atoms with E-state index in [1.165, 1.54) is 64.2 Å². The van der Waals surface area contributed by atoms with E-state index >= 15 is 0 Å². The molecule has 0 aromatic rings. The zero-order valence-corrected chi connectivity index (χ0v) is 14.1. The molecule has 0 spiro atoms. The van der Waals surface area contributed by atoms with E-state index in [-0.39, 0.29) is 0 Å². The van der Waals surface area contributed by atoms with E-state index in [1.807, 2.05) is 0 Å². The van der Waals surface area contributed by atoms with Crippen molar-refractivity contribution in [1.29, 1.82) is 0 Å². The molecule has 2 atom stereocenters. The highest BCUT2D eigenvalue weighted by molar-refractivity contribution is 4.93. The minimum atomic E-state index is -0.546. The van der Waals surface area contributed by atoms with E-state index in [0.717, 1.165) is 25.7 Å². The highest BCUT2D eigenvalue weighted by atomic mass is 16.3. The van der Waals surface area contributed by atoms with E-state index in [2.05, 4.69) is 11.8 Å². The lowest BCUT2D eigenvalue weighted by Gasteiger charge is -2.05. The summed E-state index contributed by atoms with van der Waals surface area (Å²) >= 11 is 0. The predicted octanol–water partition coefficient (Wildman–Crippen LogP) is 4.44. The average molecular weight is 306 g/mol. The van der Waals surface area contributed by atoms with Gasteiger partial charge in [0.25, 0.3) is 0 Å². The Morgan fingerprint density at radius 3 is 0.955 bits per heavy atom. The number of rotatable bonds is 15. The van der Waals surface area contributed by atoms with Crippen molar-refractivity contribution in [1.82, 2.24) is 0 Å². The molecule has 0 bridgehead atoms. The van der Waals surface area contributed by atoms with Gasteiger partial charge >= 0.3 is 0 Å². The molecule has 0 amide bonds. The first-order valence-electron chi connectivity index (χ1n) is 8.99. The van der Waals surface area contributed by atoms with Crippen molar-refractivity contribution in [3.8, 4) is 24.7 Å². The minimum absolute atomic E-state index is 0.546. The quantitative estimate of drug-likeness (QED) is 0.347. The van der Waals surface area contributed by atoms with Crippen molar-refractivity contribution in [2.75, 3.05) is 0 Å². The van der Waals surface area contributed by atoms with E-state index in [9.17, 15) is 10.2 Å². The van der Waals surface area contributed by atoms with Gasteiger partial charge in [0.1, 0.15) is 12.2 Å². The molecule has 0 aromatic heterocycles. The predicted molar refractivity (Wildman–Crippen MR) is 94.3 cm³/mol. The number of aliphatic hydroxyl groups excluding tert-OH is 2. The summed E-state index contributed by atoms with van der Waals surface area (Å²) in [5.41, 5.74) is 0. The fourth-order valence-electron chi connectivity index (χ4n) is 2.61. The molecule has 2 N–H and O–H groups in total. The zero-order valence-electron chi connectivity index (χ0n) is 14.1. The zero-order chi connectivity index (χ0) is 16.5. The lowest BCUT2D eigenvalue weighted by Crippen LogP contribution is -2.01. The van der Waals surface area contributed by atoms with Gasteiger partial charge in [0.15, 0.2) is 0 Å². The largest absolute Gasteiger partial charge is 0.380 e. The molecule has 0 aliphatic carbocycles. The van der Waals surface area contributed by atoms with Crippen molar-refractivity contribution in [3.63, 3.8) is 0 Å². The number of terminal acetylenes is 2. The Kier molecular flexibility index (Phi) is 15.7. The summed E-state index contributed by atoms with van der Waals surface area (Å²) in [5, 5.41) is 18.4. The first kappa shape index (κ1) is 21.0. The van der Waals surface area contributed by atoms with Crippen molar-refractivity contribution in [3.05, 3.63) is 0 Å². The number of hydrogen-bond donors (Lipinski definition) is 2. The molecular weight excluding hydrogens is 272 g/mol. The number of unbranched alkanes of at least 4 members (excludes halogenated alkanes) is 11. The van der Waals surface area contributed by atoms with Crippen molar-refractivity contribution in [2.45, 2.75) is 102 Å². The molecule has 0 aromatic carbocycles. The first-order chi connectivity index (χ1) is 10.7. The summed E-state index contributed by atoms with van der Waals surface area (Å²) in [5.74, 6) is 4.70. The molecule has 0 aliphatic heterocycles. The third-order valence-corrected chi connectivity index (χ3v) is 4.09. The molecule has 126 valence electrons. The smallest absolute Gasteiger partial charge is 0.114 e. The second kappa shape index (κ2) is 16.4. The van der Waals surface area contributed by atoms with Gasteiger partial charge in [-0.2, -0.15) is 0 Å². The maximum absolute atomic E-state index is 9.22. The Morgan fingerprint density at radius 2 is 0.727 bits per heavy atom. The summed E-state index contributed by atoms with van der Waals surface area (Å²) in [6.07, 6.45) is 25.5. The van der Waals surface area contributed by atoms with Gasteiger partial charge in [-0.25, -0.2) is 0 Å². The fraction of sp³-hybridized carbons (Fsp3) is 0.800. The van der Waals surface area contributed by atoms with Crippen LogP contribution in [0.3, 0.4) is 0 Å². The Morgan fingerprint density at radius 1 is 0.500 bits per heavy atom. The lowest BCUT2D eigenvalue weighted by molar-refractivity contribution is 0.217. The van der Waals surface area contributed by atoms with E-state index in [0.29, 0.717) is 0 Å². The molecule has 0 heterocycles. The summed E-state index contributed by atoms with van der Waals surface area (Å²) in [7, 11) is 0. The molecule has 2 heteroatoms. The van der Waals surface area contributed by atoms with E-state index in [4.69, 9.17) is 12.8 Å². The van der Waals surface area contributed by atoms with Gasteiger partial charge in [-0.1, -0.05) is 76.0 Å². The highest BCUT2D eigenvalue weighted by Crippen LogP contribution is 2.13. The third-order valence-electron chi connectivity index (χ3n) is 4.09. The van der Waals surface area contributed by atoms with Crippen LogP contribution in [0.15, 0.2) is 0 Å². The Hall–Kier alpha value is -0.960. The van der Waals surface area contributed by atoms with Crippen LogP contribution < -0.4 is 0 Å². The monoisotopic (exact) mass is 306 g/mol. The molecule has 2 unspecified atom stereocenters. The van der Waals surface area contributed by atoms with Gasteiger partial charge in [-0.15, -0.1) is 12.8 Å². The SMILES string of the molecule is C#CC(O)CCCCCCCCCCCCCCC(O)C#C. The molecule has 0 saturated carbocycles. The van der Waals surface area contributed by atoms with Gasteiger partial charge in [0.05, 0.1) is 0 Å². The van der Waals surface area contributed by atoms with Crippen LogP contribution in [0, 0.1) is 24.7 Å². The Bertz CT molecular complexity index is 279. The summed E-state index contributed by atoms with van der Waals surface area (Å²) < 4.78 is 0. The van der Waals surface area contributed by atoms with Crippen LogP contribution in [0.25, 0.3) is 0 Å². The standard InChI is InChI=1S/C20H34O2/c1-3-19(21)17-15-13-11-9-7-5-6-8-10-12-14-16-18-20(22)4-2/h1-2,19-22H,5-18H2. The normalized spacial score (nSPS) is 13.3. The van der Waals surface area contributed by atoms with Crippen LogP contribution in [-0.4, -0.2) is 22.4 Å². The topological polar surface area (TPSA) is 40.5 Å². The molecular formula is C20H34O2. The van der Waals surface area contributed by atoms with Gasteiger partial charge in [-0.3, -0.25) is 0 Å². The highest BCUT2D eigenvalue weighted by Gasteiger charge is 1.99. The maximum atomic E-state index is 9.22. The van der Waals surface area contributed by atoms with Crippen LogP contribution in [0.4, 0.5) is 0 Å². The second-order valence-electron chi connectivity index (χ2n) is 6.18. The average Bonchev–Trinajstić information content (AvgIpc) is 2.54. The summed E-state index contributed by atoms with van der Waals surface area (Å²) in [6, 6.07) is 0. The first-order valence-corrected chi connectivity index (χ1v) is 8.99. The molecule has 0 saturated heterocycles. The van der Waals surface area contributed by atoms with Crippen LogP contribution in [0.1, 0.15) is 89.9 Å². The van der Waals surface area contributed by atoms with Gasteiger partial charge in [-0.05, 0) is 25.7 Å². The van der Waals surface area contributed by atoms with E-state index in [1.54, 1.807) is 0 Å². The van der Waals surface area contributed by atoms with Crippen LogP contribution >= 0.6 is 0 Å². The maximum Gasteiger partial charge on any atom is 0.114 e. The van der Waals surface area contributed by atoms with Gasteiger partial charge in [0, 0.05) is 0 Å². The molecule has 2 nitrogen and oxygen atoms in total. The van der Waals surface area contributed by atoms with Crippen molar-refractivity contribution < 1.29 is 10.2 Å². The summed E-state index contributed by atoms with van der Waals surface area (Å²) in [6.45, 7) is 0. The fourth-order valence-corrected chi connectivity index (χ4v) is 2.61. The van der Waals surface area contributed by atoms with E-state index < -0.39 is 12.2 Å². The van der Waals surface area contributed by atoms with Crippen molar-refractivity contribution in [2.24, 2.45) is 0 Å². The number of aliphatic hydroxyl groups is 2. The Balaban J connectivity index is 3.06. The molecule has 0 radical (unpaired) electrons. The van der Waals surface area contributed by atoms with Gasteiger partial charge in [0.2, 0.25) is 0 Å². The minimum Gasteiger partial charge on any atom is -0.380 e. The van der Waals surface area contributed by atoms with Crippen molar-refractivity contribution >= 4 is 0 Å². The summed E-state index contributed by atoms with van der Waals surface area (Å²) in [4.78, 5) is 0. The second-order valence-corrected chi connectivity index (χ2v) is 6.18. The number of hydrogen-bond acceptors (Lipinski definition) is 2.